The quantitative estimate of drug-likeness (QED) is 0.862. The number of nitrogens with zero attached hydrogens (tertiary/aromatic N) is 1. The third-order valence-corrected chi connectivity index (χ3v) is 2.78. The van der Waals surface area contributed by atoms with Gasteiger partial charge in [-0.05, 0) is 23.8 Å². The highest BCUT2D eigenvalue weighted by molar-refractivity contribution is 5.64. The van der Waals surface area contributed by atoms with Crippen LogP contribution in [-0.2, 0) is 6.54 Å². The Hall–Kier alpha value is -2.43. The largest absolute Gasteiger partial charge is 0.493 e. The van der Waals surface area contributed by atoms with Crippen LogP contribution < -0.4 is 20.5 Å². The van der Waals surface area contributed by atoms with Crippen molar-refractivity contribution in [1.82, 2.24) is 4.98 Å². The van der Waals surface area contributed by atoms with Crippen LogP contribution in [0.25, 0.3) is 0 Å². The highest BCUT2D eigenvalue weighted by Crippen LogP contribution is 2.28. The third kappa shape index (κ3) is 3.07. The number of ether oxygens (including phenoxy) is 2. The molecular formula is C14H17N3O2. The van der Waals surface area contributed by atoms with Crippen LogP contribution in [0.2, 0.25) is 0 Å². The fourth-order valence-corrected chi connectivity index (χ4v) is 1.76. The van der Waals surface area contributed by atoms with E-state index in [1.807, 2.05) is 24.3 Å². The molecule has 0 aliphatic carbocycles. The normalized spacial score (nSPS) is 10.0. The van der Waals surface area contributed by atoms with E-state index in [4.69, 9.17) is 15.2 Å². The first-order valence-electron chi connectivity index (χ1n) is 5.89. The molecule has 0 aliphatic heterocycles. The monoisotopic (exact) mass is 259 g/mol. The smallest absolute Gasteiger partial charge is 0.161 e. The predicted octanol–water partition coefficient (Wildman–Crippen LogP) is 2.29. The zero-order chi connectivity index (χ0) is 13.7. The van der Waals surface area contributed by atoms with E-state index in [1.54, 1.807) is 26.6 Å². The number of pyridine rings is 1. The maximum Gasteiger partial charge on any atom is 0.161 e. The number of hydrogen-bond acceptors (Lipinski definition) is 5. The van der Waals surface area contributed by atoms with Gasteiger partial charge in [0.1, 0.15) is 0 Å². The molecule has 0 bridgehead atoms. The van der Waals surface area contributed by atoms with E-state index in [0.717, 1.165) is 17.0 Å². The number of hydrogen-bond donors (Lipinski definition) is 2. The van der Waals surface area contributed by atoms with Crippen molar-refractivity contribution in [1.29, 1.82) is 0 Å². The number of rotatable bonds is 5. The highest BCUT2D eigenvalue weighted by atomic mass is 16.5. The van der Waals surface area contributed by atoms with Crippen molar-refractivity contribution < 1.29 is 9.47 Å². The van der Waals surface area contributed by atoms with Crippen LogP contribution in [0.3, 0.4) is 0 Å². The van der Waals surface area contributed by atoms with Crippen LogP contribution in [-0.4, -0.2) is 19.2 Å². The zero-order valence-electron chi connectivity index (χ0n) is 11.0. The van der Waals surface area contributed by atoms with Crippen LogP contribution >= 0.6 is 0 Å². The summed E-state index contributed by atoms with van der Waals surface area (Å²) in [6.07, 6.45) is 3.32. The molecule has 2 rings (SSSR count). The number of aromatic nitrogens is 1. The van der Waals surface area contributed by atoms with Crippen molar-refractivity contribution in [2.75, 3.05) is 25.3 Å². The molecule has 1 aromatic heterocycles. The fraction of sp³-hybridized carbons (Fsp3) is 0.214. The van der Waals surface area contributed by atoms with Gasteiger partial charge >= 0.3 is 0 Å². The van der Waals surface area contributed by atoms with Crippen LogP contribution in [0.5, 0.6) is 11.5 Å². The highest BCUT2D eigenvalue weighted by Gasteiger charge is 2.05. The van der Waals surface area contributed by atoms with Gasteiger partial charge in [0.05, 0.1) is 31.8 Å². The number of anilines is 2. The molecule has 100 valence electrons. The van der Waals surface area contributed by atoms with Crippen molar-refractivity contribution in [3.63, 3.8) is 0 Å². The van der Waals surface area contributed by atoms with E-state index in [0.29, 0.717) is 18.0 Å². The minimum atomic E-state index is 0.628. The van der Waals surface area contributed by atoms with Crippen molar-refractivity contribution in [2.45, 2.75) is 6.54 Å². The van der Waals surface area contributed by atoms with Crippen molar-refractivity contribution in [3.05, 3.63) is 42.2 Å². The Labute approximate surface area is 112 Å². The second-order valence-electron chi connectivity index (χ2n) is 4.01. The molecule has 0 radical (unpaired) electrons. The van der Waals surface area contributed by atoms with Crippen LogP contribution in [0.15, 0.2) is 36.7 Å². The molecule has 3 N–H and O–H groups in total. The summed E-state index contributed by atoms with van der Waals surface area (Å²) in [6, 6.07) is 7.64. The minimum absolute atomic E-state index is 0.628. The third-order valence-electron chi connectivity index (χ3n) is 2.78. The van der Waals surface area contributed by atoms with Gasteiger partial charge in [0.2, 0.25) is 0 Å². The van der Waals surface area contributed by atoms with Crippen LogP contribution in [0, 0.1) is 0 Å². The average Bonchev–Trinajstić information content (AvgIpc) is 2.46. The average molecular weight is 259 g/mol. The van der Waals surface area contributed by atoms with Gasteiger partial charge in [-0.15, -0.1) is 0 Å². The molecule has 0 saturated carbocycles. The van der Waals surface area contributed by atoms with Gasteiger partial charge in [-0.3, -0.25) is 4.98 Å². The topological polar surface area (TPSA) is 69.4 Å². The number of nitrogens with one attached hydrogen (secondary N) is 1. The number of benzene rings is 1. The summed E-state index contributed by atoms with van der Waals surface area (Å²) in [5, 5.41) is 3.26. The van der Waals surface area contributed by atoms with Gasteiger partial charge in [0.25, 0.3) is 0 Å². The Morgan fingerprint density at radius 1 is 1.16 bits per heavy atom. The molecule has 0 spiro atoms. The van der Waals surface area contributed by atoms with Crippen molar-refractivity contribution in [2.24, 2.45) is 0 Å². The summed E-state index contributed by atoms with van der Waals surface area (Å²) in [4.78, 5) is 3.95. The van der Waals surface area contributed by atoms with E-state index in [9.17, 15) is 0 Å². The van der Waals surface area contributed by atoms with E-state index in [2.05, 4.69) is 10.3 Å². The zero-order valence-corrected chi connectivity index (χ0v) is 11.0. The molecule has 0 unspecified atom stereocenters. The van der Waals surface area contributed by atoms with Crippen molar-refractivity contribution in [3.8, 4) is 11.5 Å². The summed E-state index contributed by atoms with van der Waals surface area (Å²) in [6.45, 7) is 0.647. The molecule has 5 nitrogen and oxygen atoms in total. The molecule has 1 heterocycles. The second kappa shape index (κ2) is 5.95. The van der Waals surface area contributed by atoms with E-state index in [-0.39, 0.29) is 0 Å². The summed E-state index contributed by atoms with van der Waals surface area (Å²) < 4.78 is 10.5. The van der Waals surface area contributed by atoms with Gasteiger partial charge in [-0.2, -0.15) is 0 Å². The summed E-state index contributed by atoms with van der Waals surface area (Å²) in [5.41, 5.74) is 8.39. The molecule has 0 amide bonds. The number of nitrogens with two attached hydrogens (primary N) is 1. The SMILES string of the molecule is COc1ccc(CNc2ccncc2N)cc1OC. The van der Waals surface area contributed by atoms with Gasteiger partial charge in [0, 0.05) is 12.7 Å². The standard InChI is InChI=1S/C14H17N3O2/c1-18-13-4-3-10(7-14(13)19-2)8-17-12-5-6-16-9-11(12)15/h3-7,9H,8,15H2,1-2H3,(H,16,17). The van der Waals surface area contributed by atoms with Crippen LogP contribution in [0.4, 0.5) is 11.4 Å². The molecule has 1 aromatic carbocycles. The Balaban J connectivity index is 2.10. The van der Waals surface area contributed by atoms with E-state index >= 15 is 0 Å². The first-order valence-corrected chi connectivity index (χ1v) is 5.89. The van der Waals surface area contributed by atoms with E-state index in [1.165, 1.54) is 0 Å². The first-order chi connectivity index (χ1) is 9.24. The summed E-state index contributed by atoms with van der Waals surface area (Å²) >= 11 is 0. The van der Waals surface area contributed by atoms with Gasteiger partial charge in [-0.25, -0.2) is 0 Å². The maximum absolute atomic E-state index is 5.82. The lowest BCUT2D eigenvalue weighted by Gasteiger charge is -2.11. The van der Waals surface area contributed by atoms with Gasteiger partial charge in [0.15, 0.2) is 11.5 Å². The number of nitrogen functional groups attached to an aromatic ring is 1. The van der Waals surface area contributed by atoms with Crippen molar-refractivity contribution >= 4 is 11.4 Å². The molecule has 5 heteroatoms. The minimum Gasteiger partial charge on any atom is -0.493 e. The maximum atomic E-state index is 5.82. The molecule has 0 aliphatic rings. The lowest BCUT2D eigenvalue weighted by Crippen LogP contribution is -2.03. The fourth-order valence-electron chi connectivity index (χ4n) is 1.76. The predicted molar refractivity (Wildman–Crippen MR) is 75.5 cm³/mol. The summed E-state index contributed by atoms with van der Waals surface area (Å²) in [7, 11) is 3.24. The molecular weight excluding hydrogens is 242 g/mol. The summed E-state index contributed by atoms with van der Waals surface area (Å²) in [5.74, 6) is 1.43. The molecule has 0 fully saturated rings. The van der Waals surface area contributed by atoms with Gasteiger partial charge < -0.3 is 20.5 Å². The van der Waals surface area contributed by atoms with Crippen LogP contribution in [0.1, 0.15) is 5.56 Å². The second-order valence-corrected chi connectivity index (χ2v) is 4.01. The first kappa shape index (κ1) is 13.0. The number of methoxy groups -OCH3 is 2. The Morgan fingerprint density at radius 3 is 2.63 bits per heavy atom. The lowest BCUT2D eigenvalue weighted by molar-refractivity contribution is 0.354. The Kier molecular flexibility index (Phi) is 4.07. The molecule has 19 heavy (non-hydrogen) atoms. The lowest BCUT2D eigenvalue weighted by atomic mass is 10.2. The molecule has 0 saturated heterocycles. The van der Waals surface area contributed by atoms with Gasteiger partial charge in [-0.1, -0.05) is 6.07 Å². The molecule has 0 atom stereocenters. The Morgan fingerprint density at radius 2 is 1.95 bits per heavy atom. The van der Waals surface area contributed by atoms with E-state index < -0.39 is 0 Å². The molecule has 2 aromatic rings. The Bertz CT molecular complexity index is 558.